The van der Waals surface area contributed by atoms with Gasteiger partial charge in [0, 0.05) is 13.7 Å². The van der Waals surface area contributed by atoms with Crippen LogP contribution in [0.4, 0.5) is 8.78 Å². The van der Waals surface area contributed by atoms with Gasteiger partial charge in [0.1, 0.15) is 5.75 Å². The second kappa shape index (κ2) is 10.3. The van der Waals surface area contributed by atoms with E-state index in [0.717, 1.165) is 5.56 Å². The van der Waals surface area contributed by atoms with Gasteiger partial charge in [-0.05, 0) is 24.6 Å². The first-order valence-electron chi connectivity index (χ1n) is 6.53. The van der Waals surface area contributed by atoms with Crippen molar-refractivity contribution in [3.05, 3.63) is 29.8 Å². The second-order valence-electron chi connectivity index (χ2n) is 4.53. The van der Waals surface area contributed by atoms with Gasteiger partial charge in [0.2, 0.25) is 5.91 Å². The molecule has 0 aliphatic carbocycles. The summed E-state index contributed by atoms with van der Waals surface area (Å²) in [6.07, 6.45) is -0.150. The van der Waals surface area contributed by atoms with Gasteiger partial charge in [-0.25, -0.2) is 0 Å². The van der Waals surface area contributed by atoms with Crippen LogP contribution in [0.15, 0.2) is 24.3 Å². The largest absolute Gasteiger partial charge is 0.435 e. The van der Waals surface area contributed by atoms with Crippen molar-refractivity contribution in [3.8, 4) is 5.75 Å². The van der Waals surface area contributed by atoms with Crippen LogP contribution in [0, 0.1) is 0 Å². The lowest BCUT2D eigenvalue weighted by molar-refractivity contribution is -0.124. The molecule has 2 atom stereocenters. The van der Waals surface area contributed by atoms with Crippen LogP contribution in [0.3, 0.4) is 0 Å². The topological polar surface area (TPSA) is 73.6 Å². The van der Waals surface area contributed by atoms with Crippen LogP contribution >= 0.6 is 12.4 Å². The van der Waals surface area contributed by atoms with E-state index in [-0.39, 0.29) is 49.2 Å². The number of nitrogens with two attached hydrogens (primary N) is 1. The zero-order chi connectivity index (χ0) is 15.8. The molecule has 22 heavy (non-hydrogen) atoms. The van der Waals surface area contributed by atoms with Crippen LogP contribution in [0.1, 0.15) is 24.9 Å². The number of nitrogens with one attached hydrogen (secondary N) is 1. The summed E-state index contributed by atoms with van der Waals surface area (Å²) < 4.78 is 33.4. The van der Waals surface area contributed by atoms with Crippen molar-refractivity contribution in [2.24, 2.45) is 5.73 Å². The summed E-state index contributed by atoms with van der Waals surface area (Å²) in [4.78, 5) is 11.8. The van der Waals surface area contributed by atoms with E-state index >= 15 is 0 Å². The van der Waals surface area contributed by atoms with E-state index in [1.54, 1.807) is 19.1 Å². The second-order valence-corrected chi connectivity index (χ2v) is 4.53. The van der Waals surface area contributed by atoms with Gasteiger partial charge >= 0.3 is 6.61 Å². The van der Waals surface area contributed by atoms with Crippen LogP contribution in [0.2, 0.25) is 0 Å². The first-order chi connectivity index (χ1) is 9.96. The first kappa shape index (κ1) is 20.6. The highest BCUT2D eigenvalue weighted by Crippen LogP contribution is 2.19. The van der Waals surface area contributed by atoms with Gasteiger partial charge in [-0.1, -0.05) is 12.1 Å². The standard InChI is InChI=1S/C14H20F2N2O3.ClH/c1-9(18-13(19)7-12(8-17)20-2)10-3-5-11(6-4-10)21-14(15)16;/h3-6,9,12,14H,7-8,17H2,1-2H3,(H,18,19);1H. The van der Waals surface area contributed by atoms with Crippen molar-refractivity contribution < 1.29 is 23.0 Å². The molecular weight excluding hydrogens is 318 g/mol. The molecule has 8 heteroatoms. The zero-order valence-corrected chi connectivity index (χ0v) is 13.2. The van der Waals surface area contributed by atoms with Crippen molar-refractivity contribution in [2.75, 3.05) is 13.7 Å². The highest BCUT2D eigenvalue weighted by atomic mass is 35.5. The van der Waals surface area contributed by atoms with Gasteiger partial charge in [-0.2, -0.15) is 8.78 Å². The van der Waals surface area contributed by atoms with Gasteiger partial charge in [0.05, 0.1) is 18.6 Å². The third-order valence-corrected chi connectivity index (χ3v) is 2.99. The molecule has 0 bridgehead atoms. The number of carbonyl (C=O) groups is 1. The van der Waals surface area contributed by atoms with E-state index in [0.29, 0.717) is 0 Å². The Morgan fingerprint density at radius 3 is 2.36 bits per heavy atom. The Labute approximate surface area is 134 Å². The fourth-order valence-electron chi connectivity index (χ4n) is 1.79. The van der Waals surface area contributed by atoms with Crippen LogP contribution in [0.25, 0.3) is 0 Å². The summed E-state index contributed by atoms with van der Waals surface area (Å²) in [5.41, 5.74) is 6.23. The zero-order valence-electron chi connectivity index (χ0n) is 12.4. The van der Waals surface area contributed by atoms with E-state index in [9.17, 15) is 13.6 Å². The highest BCUT2D eigenvalue weighted by Gasteiger charge is 2.14. The van der Waals surface area contributed by atoms with Gasteiger partial charge < -0.3 is 20.5 Å². The van der Waals surface area contributed by atoms with Gasteiger partial charge in [-0.3, -0.25) is 4.79 Å². The molecule has 0 radical (unpaired) electrons. The number of carbonyl (C=O) groups excluding carboxylic acids is 1. The summed E-state index contributed by atoms with van der Waals surface area (Å²) in [5, 5.41) is 2.79. The lowest BCUT2D eigenvalue weighted by Crippen LogP contribution is -2.33. The average Bonchev–Trinajstić information content (AvgIpc) is 2.44. The van der Waals surface area contributed by atoms with E-state index < -0.39 is 6.61 Å². The smallest absolute Gasteiger partial charge is 0.387 e. The minimum Gasteiger partial charge on any atom is -0.435 e. The highest BCUT2D eigenvalue weighted by molar-refractivity contribution is 5.85. The average molecular weight is 339 g/mol. The molecule has 0 fully saturated rings. The number of alkyl halides is 2. The summed E-state index contributed by atoms with van der Waals surface area (Å²) in [6.45, 7) is -0.793. The number of hydrogen-bond donors (Lipinski definition) is 2. The van der Waals surface area contributed by atoms with E-state index in [2.05, 4.69) is 10.1 Å². The summed E-state index contributed by atoms with van der Waals surface area (Å²) in [7, 11) is 1.50. The quantitative estimate of drug-likeness (QED) is 0.762. The third kappa shape index (κ3) is 7.02. The summed E-state index contributed by atoms with van der Waals surface area (Å²) in [5.74, 6) is -0.109. The molecule has 126 valence electrons. The van der Waals surface area contributed by atoms with Gasteiger partial charge in [0.15, 0.2) is 0 Å². The molecule has 3 N–H and O–H groups in total. The Balaban J connectivity index is 0.00000441. The third-order valence-electron chi connectivity index (χ3n) is 2.99. The number of ether oxygens (including phenoxy) is 2. The van der Waals surface area contributed by atoms with E-state index in [4.69, 9.17) is 10.5 Å². The molecule has 0 aliphatic rings. The molecule has 1 rings (SSSR count). The van der Waals surface area contributed by atoms with Crippen molar-refractivity contribution in [1.29, 1.82) is 0 Å². The molecule has 5 nitrogen and oxygen atoms in total. The lowest BCUT2D eigenvalue weighted by atomic mass is 10.1. The van der Waals surface area contributed by atoms with E-state index in [1.165, 1.54) is 19.2 Å². The van der Waals surface area contributed by atoms with Crippen molar-refractivity contribution >= 4 is 18.3 Å². The minimum atomic E-state index is -2.85. The maximum atomic E-state index is 12.0. The maximum Gasteiger partial charge on any atom is 0.387 e. The Hall–Kier alpha value is -1.44. The predicted octanol–water partition coefficient (Wildman–Crippen LogP) is 2.25. The molecule has 0 aliphatic heterocycles. The Morgan fingerprint density at radius 1 is 1.32 bits per heavy atom. The number of hydrogen-bond acceptors (Lipinski definition) is 4. The van der Waals surface area contributed by atoms with E-state index in [1.807, 2.05) is 0 Å². The van der Waals surface area contributed by atoms with Gasteiger partial charge in [-0.15, -0.1) is 12.4 Å². The molecular formula is C14H21ClF2N2O3. The van der Waals surface area contributed by atoms with Crippen LogP contribution in [-0.2, 0) is 9.53 Å². The van der Waals surface area contributed by atoms with Crippen molar-refractivity contribution in [2.45, 2.75) is 32.1 Å². The lowest BCUT2D eigenvalue weighted by Gasteiger charge is -2.17. The number of rotatable bonds is 8. The fourth-order valence-corrected chi connectivity index (χ4v) is 1.79. The number of amides is 1. The number of benzene rings is 1. The molecule has 0 heterocycles. The SMILES string of the molecule is COC(CN)CC(=O)NC(C)c1ccc(OC(F)F)cc1.Cl. The fraction of sp³-hybridized carbons (Fsp3) is 0.500. The molecule has 1 aromatic carbocycles. The molecule has 0 aromatic heterocycles. The molecule has 2 unspecified atom stereocenters. The molecule has 0 spiro atoms. The maximum absolute atomic E-state index is 12.0. The summed E-state index contributed by atoms with van der Waals surface area (Å²) in [6, 6.07) is 5.86. The molecule has 1 aromatic rings. The number of methoxy groups -OCH3 is 1. The Bertz CT molecular complexity index is 442. The monoisotopic (exact) mass is 338 g/mol. The van der Waals surface area contributed by atoms with Crippen LogP contribution in [-0.4, -0.2) is 32.3 Å². The first-order valence-corrected chi connectivity index (χ1v) is 6.53. The predicted molar refractivity (Wildman–Crippen MR) is 81.3 cm³/mol. The minimum absolute atomic E-state index is 0. The Morgan fingerprint density at radius 2 is 1.91 bits per heavy atom. The van der Waals surface area contributed by atoms with Crippen molar-refractivity contribution in [1.82, 2.24) is 5.32 Å². The normalized spacial score (nSPS) is 13.2. The molecule has 1 amide bonds. The number of halogens is 3. The van der Waals surface area contributed by atoms with Crippen LogP contribution < -0.4 is 15.8 Å². The Kier molecular flexibility index (Phi) is 9.64. The van der Waals surface area contributed by atoms with Crippen LogP contribution in [0.5, 0.6) is 5.75 Å². The van der Waals surface area contributed by atoms with Crippen molar-refractivity contribution in [3.63, 3.8) is 0 Å². The summed E-state index contributed by atoms with van der Waals surface area (Å²) >= 11 is 0. The molecule has 0 saturated carbocycles. The molecule has 0 saturated heterocycles. The van der Waals surface area contributed by atoms with Gasteiger partial charge in [0.25, 0.3) is 0 Å².